The van der Waals surface area contributed by atoms with E-state index in [0.717, 1.165) is 28.1 Å². The lowest BCUT2D eigenvalue weighted by Gasteiger charge is -1.96. The molecule has 0 bridgehead atoms. The zero-order chi connectivity index (χ0) is 19.6. The molecule has 0 spiro atoms. The van der Waals surface area contributed by atoms with Crippen LogP contribution in [0, 0.1) is 0 Å². The first-order valence-electron chi connectivity index (χ1n) is 9.10. The van der Waals surface area contributed by atoms with Crippen molar-refractivity contribution in [3.05, 3.63) is 95.7 Å². The molecule has 0 amide bonds. The molecule has 140 valence electrons. The molecule has 0 unspecified atom stereocenters. The third-order valence-corrected chi connectivity index (χ3v) is 4.74. The van der Waals surface area contributed by atoms with E-state index in [4.69, 9.17) is 20.4 Å². The summed E-state index contributed by atoms with van der Waals surface area (Å²) < 4.78 is 11.8. The largest absolute Gasteiger partial charge is 0.455 e. The van der Waals surface area contributed by atoms with Crippen molar-refractivity contribution in [2.24, 2.45) is 4.99 Å². The highest BCUT2D eigenvalue weighted by atomic mass is 35.5. The predicted molar refractivity (Wildman–Crippen MR) is 116 cm³/mol. The van der Waals surface area contributed by atoms with Crippen LogP contribution in [-0.4, -0.2) is 11.2 Å². The molecule has 29 heavy (non-hydrogen) atoms. The number of fused-ring (bicyclic) bond motifs is 1. The Balaban J connectivity index is 1.39. The summed E-state index contributed by atoms with van der Waals surface area (Å²) in [6, 6.07) is 26.8. The molecule has 2 aromatic heterocycles. The minimum absolute atomic E-state index is 0.598. The van der Waals surface area contributed by atoms with Gasteiger partial charge in [-0.3, -0.25) is 4.99 Å². The zero-order valence-corrected chi connectivity index (χ0v) is 16.0. The molecule has 5 rings (SSSR count). The van der Waals surface area contributed by atoms with Crippen molar-refractivity contribution in [3.63, 3.8) is 0 Å². The van der Waals surface area contributed by atoms with Crippen LogP contribution in [0.25, 0.3) is 33.9 Å². The molecule has 3 aromatic carbocycles. The number of furan rings is 1. The van der Waals surface area contributed by atoms with Gasteiger partial charge in [0.2, 0.25) is 5.89 Å². The fourth-order valence-corrected chi connectivity index (χ4v) is 3.15. The van der Waals surface area contributed by atoms with Crippen LogP contribution >= 0.6 is 11.6 Å². The Morgan fingerprint density at radius 3 is 2.45 bits per heavy atom. The van der Waals surface area contributed by atoms with Gasteiger partial charge in [-0.2, -0.15) is 0 Å². The van der Waals surface area contributed by atoms with Crippen molar-refractivity contribution in [3.8, 4) is 22.8 Å². The molecular weight excluding hydrogens is 384 g/mol. The minimum Gasteiger partial charge on any atom is -0.455 e. The lowest BCUT2D eigenvalue weighted by atomic mass is 10.2. The second-order valence-corrected chi connectivity index (χ2v) is 6.94. The van der Waals surface area contributed by atoms with Gasteiger partial charge in [0.1, 0.15) is 17.0 Å². The first kappa shape index (κ1) is 17.5. The van der Waals surface area contributed by atoms with E-state index >= 15 is 0 Å². The molecule has 0 fully saturated rings. The van der Waals surface area contributed by atoms with Crippen LogP contribution in [0.5, 0.6) is 0 Å². The van der Waals surface area contributed by atoms with Crippen LogP contribution in [0.3, 0.4) is 0 Å². The van der Waals surface area contributed by atoms with E-state index in [1.165, 1.54) is 0 Å². The Morgan fingerprint density at radius 2 is 1.62 bits per heavy atom. The molecular formula is C24H15ClN2O2. The van der Waals surface area contributed by atoms with E-state index in [2.05, 4.69) is 9.98 Å². The molecule has 0 saturated heterocycles. The second kappa shape index (κ2) is 7.41. The number of rotatable bonds is 4. The Bertz CT molecular complexity index is 1300. The summed E-state index contributed by atoms with van der Waals surface area (Å²) in [5.41, 5.74) is 4.16. The zero-order valence-electron chi connectivity index (χ0n) is 15.2. The number of oxazole rings is 1. The number of hydrogen-bond acceptors (Lipinski definition) is 4. The topological polar surface area (TPSA) is 51.5 Å². The SMILES string of the molecule is Clc1ccc(-c2ccc(C=Nc3ccc4nc(-c5ccccc5)oc4c3)o2)cc1. The number of hydrogen-bond donors (Lipinski definition) is 0. The summed E-state index contributed by atoms with van der Waals surface area (Å²) in [4.78, 5) is 9.04. The van der Waals surface area contributed by atoms with Gasteiger partial charge in [0, 0.05) is 22.2 Å². The van der Waals surface area contributed by atoms with Gasteiger partial charge in [-0.05, 0) is 60.7 Å². The monoisotopic (exact) mass is 398 g/mol. The number of halogens is 1. The van der Waals surface area contributed by atoms with Crippen molar-refractivity contribution >= 4 is 34.6 Å². The van der Waals surface area contributed by atoms with E-state index < -0.39 is 0 Å². The van der Waals surface area contributed by atoms with Gasteiger partial charge in [-0.15, -0.1) is 0 Å². The normalized spacial score (nSPS) is 11.5. The van der Waals surface area contributed by atoms with Gasteiger partial charge in [-0.25, -0.2) is 4.98 Å². The first-order valence-corrected chi connectivity index (χ1v) is 9.48. The average molecular weight is 399 g/mol. The molecule has 4 nitrogen and oxygen atoms in total. The van der Waals surface area contributed by atoms with Gasteiger partial charge < -0.3 is 8.83 Å². The van der Waals surface area contributed by atoms with Gasteiger partial charge in [-0.1, -0.05) is 29.8 Å². The predicted octanol–water partition coefficient (Wildman–Crippen LogP) is 7.16. The Hall–Kier alpha value is -3.63. The van der Waals surface area contributed by atoms with Gasteiger partial charge in [0.15, 0.2) is 5.58 Å². The Kier molecular flexibility index (Phi) is 4.47. The maximum Gasteiger partial charge on any atom is 0.227 e. The quantitative estimate of drug-likeness (QED) is 0.302. The van der Waals surface area contributed by atoms with Crippen LogP contribution in [0.1, 0.15) is 5.76 Å². The standard InChI is InChI=1S/C24H15ClN2O2/c25-18-8-6-16(7-9-18)22-13-11-20(28-22)15-26-19-10-12-21-23(14-19)29-24(27-21)17-4-2-1-3-5-17/h1-15H. The number of nitrogens with zero attached hydrogens (tertiary/aromatic N) is 2. The lowest BCUT2D eigenvalue weighted by molar-refractivity contribution is 0.575. The van der Waals surface area contributed by atoms with E-state index in [0.29, 0.717) is 22.3 Å². The summed E-state index contributed by atoms with van der Waals surface area (Å²) in [7, 11) is 0. The van der Waals surface area contributed by atoms with Crippen LogP contribution in [0.2, 0.25) is 5.02 Å². The molecule has 5 heteroatoms. The molecule has 2 heterocycles. The molecule has 0 radical (unpaired) electrons. The van der Waals surface area contributed by atoms with E-state index in [1.807, 2.05) is 84.9 Å². The summed E-state index contributed by atoms with van der Waals surface area (Å²) in [5.74, 6) is 2.03. The highest BCUT2D eigenvalue weighted by Crippen LogP contribution is 2.28. The van der Waals surface area contributed by atoms with Gasteiger partial charge >= 0.3 is 0 Å². The molecule has 0 aliphatic heterocycles. The third kappa shape index (κ3) is 3.71. The molecule has 0 aliphatic carbocycles. The van der Waals surface area contributed by atoms with E-state index in [9.17, 15) is 0 Å². The summed E-state index contributed by atoms with van der Waals surface area (Å²) in [6.07, 6.45) is 1.69. The molecule has 0 saturated carbocycles. The molecule has 0 atom stereocenters. The van der Waals surface area contributed by atoms with Gasteiger partial charge in [0.05, 0.1) is 11.9 Å². The number of benzene rings is 3. The fourth-order valence-electron chi connectivity index (χ4n) is 3.03. The first-order chi connectivity index (χ1) is 14.2. The van der Waals surface area contributed by atoms with Crippen LogP contribution in [-0.2, 0) is 0 Å². The Labute approximate surface area is 172 Å². The van der Waals surface area contributed by atoms with Crippen LogP contribution < -0.4 is 0 Å². The Morgan fingerprint density at radius 1 is 0.793 bits per heavy atom. The molecule has 0 N–H and O–H groups in total. The van der Waals surface area contributed by atoms with E-state index in [1.54, 1.807) is 6.21 Å². The smallest absolute Gasteiger partial charge is 0.227 e. The number of aromatic nitrogens is 1. The summed E-state index contributed by atoms with van der Waals surface area (Å²) >= 11 is 5.94. The average Bonchev–Trinajstić information content (AvgIpc) is 3.40. The molecule has 0 aliphatic rings. The van der Waals surface area contributed by atoms with Crippen molar-refractivity contribution < 1.29 is 8.83 Å². The number of aliphatic imine (C=N–C) groups is 1. The van der Waals surface area contributed by atoms with E-state index in [-0.39, 0.29) is 0 Å². The minimum atomic E-state index is 0.598. The lowest BCUT2D eigenvalue weighted by Crippen LogP contribution is -1.76. The highest BCUT2D eigenvalue weighted by Gasteiger charge is 2.08. The van der Waals surface area contributed by atoms with Crippen molar-refractivity contribution in [1.29, 1.82) is 0 Å². The highest BCUT2D eigenvalue weighted by molar-refractivity contribution is 6.30. The van der Waals surface area contributed by atoms with Crippen molar-refractivity contribution in [2.75, 3.05) is 0 Å². The summed E-state index contributed by atoms with van der Waals surface area (Å²) in [6.45, 7) is 0. The maximum atomic E-state index is 5.94. The fraction of sp³-hybridized carbons (Fsp3) is 0. The van der Waals surface area contributed by atoms with Crippen molar-refractivity contribution in [1.82, 2.24) is 4.98 Å². The van der Waals surface area contributed by atoms with Crippen molar-refractivity contribution in [2.45, 2.75) is 0 Å². The third-order valence-electron chi connectivity index (χ3n) is 4.49. The van der Waals surface area contributed by atoms with Crippen LogP contribution in [0.15, 0.2) is 98.8 Å². The molecule has 5 aromatic rings. The summed E-state index contributed by atoms with van der Waals surface area (Å²) in [5, 5.41) is 0.695. The maximum absolute atomic E-state index is 5.94. The second-order valence-electron chi connectivity index (χ2n) is 6.50. The van der Waals surface area contributed by atoms with Crippen LogP contribution in [0.4, 0.5) is 5.69 Å². The van der Waals surface area contributed by atoms with Gasteiger partial charge in [0.25, 0.3) is 0 Å².